The Kier molecular flexibility index (Phi) is 5.00. The van der Waals surface area contributed by atoms with Gasteiger partial charge in [0.2, 0.25) is 0 Å². The van der Waals surface area contributed by atoms with E-state index in [9.17, 15) is 4.79 Å². The first-order valence-corrected chi connectivity index (χ1v) is 7.19. The number of thioether (sulfide) groups is 1. The second kappa shape index (κ2) is 6.75. The number of piperidine rings is 1. The molecule has 6 nitrogen and oxygen atoms in total. The first-order chi connectivity index (χ1) is 8.75. The summed E-state index contributed by atoms with van der Waals surface area (Å²) in [7, 11) is 0. The average Bonchev–Trinajstić information content (AvgIpc) is 2.82. The molecule has 0 aliphatic carbocycles. The zero-order valence-corrected chi connectivity index (χ0v) is 11.1. The third-order valence-electron chi connectivity index (χ3n) is 3.01. The maximum atomic E-state index is 10.5. The number of rotatable bonds is 6. The van der Waals surface area contributed by atoms with Gasteiger partial charge in [0.25, 0.3) is 0 Å². The Labute approximate surface area is 110 Å². The highest BCUT2D eigenvalue weighted by Crippen LogP contribution is 2.15. The van der Waals surface area contributed by atoms with Gasteiger partial charge in [0.05, 0.1) is 5.75 Å². The molecule has 100 valence electrons. The Hall–Kier alpha value is -1.08. The zero-order valence-electron chi connectivity index (χ0n) is 10.3. The number of carboxylic acids is 1. The molecule has 1 aliphatic rings. The Morgan fingerprint density at radius 1 is 1.33 bits per heavy atom. The molecule has 0 amide bonds. The summed E-state index contributed by atoms with van der Waals surface area (Å²) >= 11 is 1.22. The molecule has 2 heterocycles. The van der Waals surface area contributed by atoms with E-state index in [0.717, 1.165) is 13.1 Å². The zero-order chi connectivity index (χ0) is 12.8. The van der Waals surface area contributed by atoms with Crippen LogP contribution < -0.4 is 0 Å². The summed E-state index contributed by atoms with van der Waals surface area (Å²) in [5.74, 6) is -0.798. The Morgan fingerprint density at radius 3 is 2.83 bits per heavy atom. The summed E-state index contributed by atoms with van der Waals surface area (Å²) in [6, 6.07) is 0. The van der Waals surface area contributed by atoms with E-state index in [4.69, 9.17) is 5.11 Å². The molecule has 2 rings (SSSR count). The minimum absolute atomic E-state index is 0.0302. The Bertz CT molecular complexity index is 390. The molecule has 1 aliphatic heterocycles. The van der Waals surface area contributed by atoms with E-state index >= 15 is 0 Å². The van der Waals surface area contributed by atoms with E-state index < -0.39 is 5.97 Å². The van der Waals surface area contributed by atoms with Crippen LogP contribution in [0.15, 0.2) is 11.5 Å². The van der Waals surface area contributed by atoms with E-state index in [-0.39, 0.29) is 5.75 Å². The van der Waals surface area contributed by atoms with Gasteiger partial charge in [-0.25, -0.2) is 0 Å². The fraction of sp³-hybridized carbons (Fsp3) is 0.727. The van der Waals surface area contributed by atoms with Gasteiger partial charge < -0.3 is 14.6 Å². The SMILES string of the molecule is O=C(O)CSc1nncn1CCN1CCCCC1. The average molecular weight is 270 g/mol. The summed E-state index contributed by atoms with van der Waals surface area (Å²) in [4.78, 5) is 13.0. The summed E-state index contributed by atoms with van der Waals surface area (Å²) in [6.45, 7) is 4.15. The molecule has 0 radical (unpaired) electrons. The number of hydrogen-bond donors (Lipinski definition) is 1. The lowest BCUT2D eigenvalue weighted by Crippen LogP contribution is -2.32. The van der Waals surface area contributed by atoms with Crippen LogP contribution in [0.5, 0.6) is 0 Å². The number of likely N-dealkylation sites (tertiary alicyclic amines) is 1. The smallest absolute Gasteiger partial charge is 0.313 e. The lowest BCUT2D eigenvalue weighted by Gasteiger charge is -2.26. The fourth-order valence-corrected chi connectivity index (χ4v) is 2.73. The molecule has 1 aromatic rings. The number of aliphatic carboxylic acids is 1. The van der Waals surface area contributed by atoms with Crippen molar-refractivity contribution >= 4 is 17.7 Å². The van der Waals surface area contributed by atoms with Crippen molar-refractivity contribution in [2.45, 2.75) is 31.0 Å². The van der Waals surface area contributed by atoms with Crippen molar-refractivity contribution in [3.05, 3.63) is 6.33 Å². The molecule has 0 atom stereocenters. The second-order valence-corrected chi connectivity index (χ2v) is 5.33. The molecule has 0 bridgehead atoms. The summed E-state index contributed by atoms with van der Waals surface area (Å²) in [5, 5.41) is 17.1. The van der Waals surface area contributed by atoms with Crippen molar-refractivity contribution in [1.82, 2.24) is 19.7 Å². The van der Waals surface area contributed by atoms with Crippen molar-refractivity contribution in [3.63, 3.8) is 0 Å². The van der Waals surface area contributed by atoms with Crippen LogP contribution >= 0.6 is 11.8 Å². The van der Waals surface area contributed by atoms with Crippen LogP contribution in [0.2, 0.25) is 0 Å². The van der Waals surface area contributed by atoms with Gasteiger partial charge in [-0.3, -0.25) is 4.79 Å². The monoisotopic (exact) mass is 270 g/mol. The van der Waals surface area contributed by atoms with Gasteiger partial charge in [0.1, 0.15) is 6.33 Å². The standard InChI is InChI=1S/C11H18N4O2S/c16-10(17)8-18-11-13-12-9-15(11)7-6-14-4-2-1-3-5-14/h9H,1-8H2,(H,16,17). The van der Waals surface area contributed by atoms with E-state index in [1.807, 2.05) is 4.57 Å². The van der Waals surface area contributed by atoms with Crippen LogP contribution in [-0.2, 0) is 11.3 Å². The predicted molar refractivity (Wildman–Crippen MR) is 68.7 cm³/mol. The quantitative estimate of drug-likeness (QED) is 0.776. The first-order valence-electron chi connectivity index (χ1n) is 6.20. The van der Waals surface area contributed by atoms with Crippen LogP contribution in [-0.4, -0.2) is 56.1 Å². The number of aromatic nitrogens is 3. The van der Waals surface area contributed by atoms with Crippen LogP contribution in [0.25, 0.3) is 0 Å². The van der Waals surface area contributed by atoms with Crippen LogP contribution in [0.4, 0.5) is 0 Å². The summed E-state index contributed by atoms with van der Waals surface area (Å²) in [5.41, 5.74) is 0. The fourth-order valence-electron chi connectivity index (χ4n) is 2.07. The topological polar surface area (TPSA) is 71.2 Å². The molecule has 1 N–H and O–H groups in total. The van der Waals surface area contributed by atoms with Gasteiger partial charge >= 0.3 is 5.97 Å². The number of hydrogen-bond acceptors (Lipinski definition) is 5. The second-order valence-electron chi connectivity index (χ2n) is 4.39. The third kappa shape index (κ3) is 3.99. The molecule has 7 heteroatoms. The maximum absolute atomic E-state index is 10.5. The first kappa shape index (κ1) is 13.4. The van der Waals surface area contributed by atoms with Gasteiger partial charge in [-0.15, -0.1) is 10.2 Å². The highest BCUT2D eigenvalue weighted by atomic mass is 32.2. The highest BCUT2D eigenvalue weighted by Gasteiger charge is 2.12. The lowest BCUT2D eigenvalue weighted by molar-refractivity contribution is -0.133. The van der Waals surface area contributed by atoms with E-state index in [2.05, 4.69) is 15.1 Å². The largest absolute Gasteiger partial charge is 0.481 e. The predicted octanol–water partition coefficient (Wildman–Crippen LogP) is 0.941. The van der Waals surface area contributed by atoms with E-state index in [1.54, 1.807) is 6.33 Å². The molecular weight excluding hydrogens is 252 g/mol. The maximum Gasteiger partial charge on any atom is 0.313 e. The van der Waals surface area contributed by atoms with Crippen molar-refractivity contribution < 1.29 is 9.90 Å². The minimum Gasteiger partial charge on any atom is -0.481 e. The van der Waals surface area contributed by atoms with Gasteiger partial charge in [0.15, 0.2) is 5.16 Å². The number of carbonyl (C=O) groups is 1. The van der Waals surface area contributed by atoms with Crippen molar-refractivity contribution in [2.24, 2.45) is 0 Å². The van der Waals surface area contributed by atoms with Gasteiger partial charge in [-0.1, -0.05) is 18.2 Å². The number of nitrogens with zero attached hydrogens (tertiary/aromatic N) is 4. The molecule has 18 heavy (non-hydrogen) atoms. The minimum atomic E-state index is -0.828. The van der Waals surface area contributed by atoms with Crippen LogP contribution in [0, 0.1) is 0 Å². The van der Waals surface area contributed by atoms with Gasteiger partial charge in [0, 0.05) is 13.1 Å². The summed E-state index contributed by atoms with van der Waals surface area (Å²) in [6.07, 6.45) is 5.57. The third-order valence-corrected chi connectivity index (χ3v) is 3.98. The van der Waals surface area contributed by atoms with E-state index in [1.165, 1.54) is 44.1 Å². The normalized spacial score (nSPS) is 16.9. The lowest BCUT2D eigenvalue weighted by atomic mass is 10.1. The Morgan fingerprint density at radius 2 is 2.11 bits per heavy atom. The summed E-state index contributed by atoms with van der Waals surface area (Å²) < 4.78 is 1.93. The van der Waals surface area contributed by atoms with Crippen molar-refractivity contribution in [1.29, 1.82) is 0 Å². The Balaban J connectivity index is 1.81. The molecule has 0 unspecified atom stereocenters. The van der Waals surface area contributed by atoms with Gasteiger partial charge in [-0.05, 0) is 25.9 Å². The van der Waals surface area contributed by atoms with Crippen LogP contribution in [0.1, 0.15) is 19.3 Å². The molecule has 0 spiro atoms. The van der Waals surface area contributed by atoms with Crippen molar-refractivity contribution in [2.75, 3.05) is 25.4 Å². The molecular formula is C11H18N4O2S. The van der Waals surface area contributed by atoms with Crippen molar-refractivity contribution in [3.8, 4) is 0 Å². The molecule has 0 saturated carbocycles. The van der Waals surface area contributed by atoms with Crippen LogP contribution in [0.3, 0.4) is 0 Å². The highest BCUT2D eigenvalue weighted by molar-refractivity contribution is 7.99. The number of carboxylic acid groups (broad SMARTS) is 1. The molecule has 1 aromatic heterocycles. The van der Waals surface area contributed by atoms with Gasteiger partial charge in [-0.2, -0.15) is 0 Å². The molecule has 1 fully saturated rings. The van der Waals surface area contributed by atoms with E-state index in [0.29, 0.717) is 5.16 Å². The molecule has 0 aromatic carbocycles. The molecule has 1 saturated heterocycles.